The smallest absolute Gasteiger partial charge is 0.335 e. The molecule has 9 nitrogen and oxygen atoms in total. The Bertz CT molecular complexity index is 1520. The van der Waals surface area contributed by atoms with Crippen molar-refractivity contribution in [3.05, 3.63) is 85.5 Å². The molecule has 3 aromatic carbocycles. The lowest BCUT2D eigenvalue weighted by Crippen LogP contribution is -2.54. The molecule has 1 fully saturated rings. The van der Waals surface area contributed by atoms with Gasteiger partial charge in [0, 0.05) is 10.7 Å². The van der Waals surface area contributed by atoms with Crippen LogP contribution in [0.25, 0.3) is 6.08 Å². The van der Waals surface area contributed by atoms with Crippen molar-refractivity contribution in [3.63, 3.8) is 0 Å². The molecule has 0 bridgehead atoms. The Balaban J connectivity index is 1.56. The number of nitrogens with one attached hydrogen (secondary N) is 2. The summed E-state index contributed by atoms with van der Waals surface area (Å²) in [6.45, 7) is 3.50. The van der Waals surface area contributed by atoms with Crippen molar-refractivity contribution >= 4 is 75.4 Å². The highest BCUT2D eigenvalue weighted by Crippen LogP contribution is 2.35. The van der Waals surface area contributed by atoms with E-state index in [-0.39, 0.29) is 18.1 Å². The first-order chi connectivity index (χ1) is 18.6. The summed E-state index contributed by atoms with van der Waals surface area (Å²) < 4.78 is 11.7. The average Bonchev–Trinajstić information content (AvgIpc) is 2.89. The summed E-state index contributed by atoms with van der Waals surface area (Å²) >= 11 is 7.87. The number of hydrogen-bond donors (Lipinski definition) is 2. The maximum Gasteiger partial charge on any atom is 0.335 e. The Morgan fingerprint density at radius 2 is 1.77 bits per heavy atom. The molecule has 3 aromatic rings. The standard InChI is InChI=1S/C28H23ClIN3O6/c1-15-4-9-20(10-16(15)2)33-27(36)21(26(35)32-28(33)37)11-17-12-22(30)25(23(13-17)38-3)39-14-24(34)31-19-7-5-18(29)6-8-19/h4-13H,14H2,1-3H3,(H,31,34)(H,32,35,37)/b21-11+. The molecule has 5 amide bonds. The topological polar surface area (TPSA) is 114 Å². The number of halogens is 2. The van der Waals surface area contributed by atoms with Crippen molar-refractivity contribution in [3.8, 4) is 11.5 Å². The van der Waals surface area contributed by atoms with Crippen LogP contribution in [0.4, 0.5) is 16.2 Å². The molecule has 0 unspecified atom stereocenters. The Morgan fingerprint density at radius 1 is 1.05 bits per heavy atom. The highest BCUT2D eigenvalue weighted by Gasteiger charge is 2.37. The van der Waals surface area contributed by atoms with Crippen molar-refractivity contribution in [1.29, 1.82) is 0 Å². The van der Waals surface area contributed by atoms with Crippen molar-refractivity contribution in [1.82, 2.24) is 5.32 Å². The fourth-order valence-electron chi connectivity index (χ4n) is 3.75. The third-order valence-corrected chi connectivity index (χ3v) is 6.94. The van der Waals surface area contributed by atoms with Gasteiger partial charge in [0.1, 0.15) is 5.57 Å². The minimum atomic E-state index is -0.821. The van der Waals surface area contributed by atoms with E-state index in [0.29, 0.717) is 37.0 Å². The van der Waals surface area contributed by atoms with Gasteiger partial charge in [-0.1, -0.05) is 17.7 Å². The van der Waals surface area contributed by atoms with Crippen molar-refractivity contribution in [2.75, 3.05) is 23.9 Å². The molecule has 0 radical (unpaired) electrons. The van der Waals surface area contributed by atoms with Crippen LogP contribution in [0.1, 0.15) is 16.7 Å². The minimum absolute atomic E-state index is 0.221. The van der Waals surface area contributed by atoms with Gasteiger partial charge in [0.05, 0.1) is 16.4 Å². The van der Waals surface area contributed by atoms with Crippen LogP contribution in [0.15, 0.2) is 60.2 Å². The lowest BCUT2D eigenvalue weighted by molar-refractivity contribution is -0.122. The number of imide groups is 2. The van der Waals surface area contributed by atoms with Gasteiger partial charge in [-0.25, -0.2) is 9.69 Å². The van der Waals surface area contributed by atoms with E-state index in [1.165, 1.54) is 13.2 Å². The summed E-state index contributed by atoms with van der Waals surface area (Å²) in [7, 11) is 1.43. The second-order valence-corrected chi connectivity index (χ2v) is 10.2. The van der Waals surface area contributed by atoms with E-state index in [4.69, 9.17) is 21.1 Å². The van der Waals surface area contributed by atoms with E-state index < -0.39 is 17.8 Å². The molecule has 1 aliphatic heterocycles. The quantitative estimate of drug-likeness (QED) is 0.204. The monoisotopic (exact) mass is 659 g/mol. The molecule has 0 aliphatic carbocycles. The third-order valence-electron chi connectivity index (χ3n) is 5.89. The molecule has 0 aromatic heterocycles. The van der Waals surface area contributed by atoms with Crippen molar-refractivity contribution < 1.29 is 28.7 Å². The molecule has 1 heterocycles. The number of barbiturate groups is 1. The highest BCUT2D eigenvalue weighted by atomic mass is 127. The van der Waals surface area contributed by atoms with Crippen molar-refractivity contribution in [2.24, 2.45) is 0 Å². The summed E-state index contributed by atoms with van der Waals surface area (Å²) in [5, 5.41) is 5.48. The lowest BCUT2D eigenvalue weighted by atomic mass is 10.0. The van der Waals surface area contributed by atoms with Gasteiger partial charge in [-0.3, -0.25) is 19.7 Å². The predicted molar refractivity (Wildman–Crippen MR) is 156 cm³/mol. The SMILES string of the molecule is COc1cc(/C=C2\C(=O)NC(=O)N(c3ccc(C)c(C)c3)C2=O)cc(I)c1OCC(=O)Nc1ccc(Cl)cc1. The molecule has 1 saturated heterocycles. The van der Waals surface area contributed by atoms with Gasteiger partial charge >= 0.3 is 6.03 Å². The Morgan fingerprint density at radius 3 is 2.44 bits per heavy atom. The Kier molecular flexibility index (Phi) is 8.56. The average molecular weight is 660 g/mol. The van der Waals surface area contributed by atoms with E-state index >= 15 is 0 Å². The fraction of sp³-hybridized carbons (Fsp3) is 0.143. The molecule has 200 valence electrons. The number of anilines is 2. The van der Waals surface area contributed by atoms with Crippen LogP contribution in [-0.4, -0.2) is 37.5 Å². The molecule has 0 saturated carbocycles. The summed E-state index contributed by atoms with van der Waals surface area (Å²) in [6, 6.07) is 14.2. The van der Waals surface area contributed by atoms with Gasteiger partial charge in [0.15, 0.2) is 18.1 Å². The zero-order chi connectivity index (χ0) is 28.3. The second-order valence-electron chi connectivity index (χ2n) is 8.60. The van der Waals surface area contributed by atoms with Crippen LogP contribution in [0.5, 0.6) is 11.5 Å². The van der Waals surface area contributed by atoms with E-state index in [1.54, 1.807) is 54.6 Å². The molecule has 4 rings (SSSR count). The molecule has 0 atom stereocenters. The first kappa shape index (κ1) is 28.1. The van der Waals surface area contributed by atoms with Crippen LogP contribution < -0.4 is 25.0 Å². The van der Waals surface area contributed by atoms with Gasteiger partial charge in [-0.05, 0) is 108 Å². The maximum atomic E-state index is 13.3. The van der Waals surface area contributed by atoms with E-state index in [1.807, 2.05) is 36.4 Å². The van der Waals surface area contributed by atoms with Gasteiger partial charge < -0.3 is 14.8 Å². The van der Waals surface area contributed by atoms with E-state index in [0.717, 1.165) is 16.0 Å². The molecule has 39 heavy (non-hydrogen) atoms. The third kappa shape index (κ3) is 6.40. The van der Waals surface area contributed by atoms with Gasteiger partial charge in [0.2, 0.25) is 0 Å². The second kappa shape index (κ2) is 11.9. The largest absolute Gasteiger partial charge is 0.493 e. The lowest BCUT2D eigenvalue weighted by Gasteiger charge is -2.27. The minimum Gasteiger partial charge on any atom is -0.493 e. The first-order valence-electron chi connectivity index (χ1n) is 11.6. The number of benzene rings is 3. The summed E-state index contributed by atoms with van der Waals surface area (Å²) in [4.78, 5) is 51.7. The number of methoxy groups -OCH3 is 1. The molecular formula is C28H23ClIN3O6. The number of urea groups is 1. The van der Waals surface area contributed by atoms with Crippen molar-refractivity contribution in [2.45, 2.75) is 13.8 Å². The Labute approximate surface area is 243 Å². The van der Waals surface area contributed by atoms with Gasteiger partial charge in [-0.2, -0.15) is 0 Å². The van der Waals surface area contributed by atoms with Crippen LogP contribution >= 0.6 is 34.2 Å². The van der Waals surface area contributed by atoms with E-state index in [9.17, 15) is 19.2 Å². The number of carbonyl (C=O) groups is 4. The van der Waals surface area contributed by atoms with Crippen LogP contribution in [0.3, 0.4) is 0 Å². The zero-order valence-corrected chi connectivity index (χ0v) is 24.0. The van der Waals surface area contributed by atoms with Crippen LogP contribution in [-0.2, 0) is 14.4 Å². The Hall–Kier alpha value is -3.90. The van der Waals surface area contributed by atoms with Crippen LogP contribution in [0.2, 0.25) is 5.02 Å². The summed E-state index contributed by atoms with van der Waals surface area (Å²) in [6.07, 6.45) is 1.37. The fourth-order valence-corrected chi connectivity index (χ4v) is 4.66. The predicted octanol–water partition coefficient (Wildman–Crippen LogP) is 5.25. The number of carbonyl (C=O) groups excluding carboxylic acids is 4. The number of amides is 5. The van der Waals surface area contributed by atoms with Gasteiger partial charge in [0.25, 0.3) is 17.7 Å². The summed E-state index contributed by atoms with van der Waals surface area (Å²) in [5.41, 5.74) is 3.06. The number of ether oxygens (including phenoxy) is 2. The molecule has 0 spiro atoms. The number of aryl methyl sites for hydroxylation is 2. The highest BCUT2D eigenvalue weighted by molar-refractivity contribution is 14.1. The van der Waals surface area contributed by atoms with Gasteiger partial charge in [-0.15, -0.1) is 0 Å². The number of nitrogens with zero attached hydrogens (tertiary/aromatic N) is 1. The first-order valence-corrected chi connectivity index (χ1v) is 13.1. The number of rotatable bonds is 7. The maximum absolute atomic E-state index is 13.3. The molecule has 11 heteroatoms. The van der Waals surface area contributed by atoms with E-state index in [2.05, 4.69) is 10.6 Å². The zero-order valence-electron chi connectivity index (χ0n) is 21.1. The molecule has 1 aliphatic rings. The molecular weight excluding hydrogens is 637 g/mol. The normalized spacial score (nSPS) is 14.3. The molecule has 2 N–H and O–H groups in total. The van der Waals surface area contributed by atoms with Crippen LogP contribution in [0, 0.1) is 17.4 Å². The number of hydrogen-bond acceptors (Lipinski definition) is 6. The summed E-state index contributed by atoms with van der Waals surface area (Å²) in [5.74, 6) is -1.34.